The molecule has 2 heterocycles. The molecular weight excluding hydrogens is 226 g/mol. The van der Waals surface area contributed by atoms with Gasteiger partial charge in [-0.3, -0.25) is 0 Å². The van der Waals surface area contributed by atoms with E-state index < -0.39 is 0 Å². The van der Waals surface area contributed by atoms with Gasteiger partial charge in [-0.05, 0) is 12.8 Å². The first-order chi connectivity index (χ1) is 7.76. The molecule has 1 aromatic heterocycles. The van der Waals surface area contributed by atoms with Gasteiger partial charge in [0.15, 0.2) is 0 Å². The van der Waals surface area contributed by atoms with E-state index in [1.807, 2.05) is 0 Å². The van der Waals surface area contributed by atoms with Crippen LogP contribution in [0.15, 0.2) is 6.33 Å². The Morgan fingerprint density at radius 3 is 3.00 bits per heavy atom. The van der Waals surface area contributed by atoms with E-state index in [1.165, 1.54) is 6.33 Å². The third-order valence-electron chi connectivity index (χ3n) is 3.00. The molecule has 4 nitrogen and oxygen atoms in total. The van der Waals surface area contributed by atoms with Crippen molar-refractivity contribution in [2.45, 2.75) is 25.9 Å². The van der Waals surface area contributed by atoms with E-state index in [-0.39, 0.29) is 0 Å². The number of hydrogen-bond acceptors (Lipinski definition) is 4. The molecule has 1 unspecified atom stereocenters. The van der Waals surface area contributed by atoms with Gasteiger partial charge in [0.05, 0.1) is 6.10 Å². The summed E-state index contributed by atoms with van der Waals surface area (Å²) in [4.78, 5) is 10.6. The average molecular weight is 242 g/mol. The minimum Gasteiger partial charge on any atom is -0.380 e. The Morgan fingerprint density at radius 2 is 2.38 bits per heavy atom. The molecule has 16 heavy (non-hydrogen) atoms. The lowest BCUT2D eigenvalue weighted by Gasteiger charge is -2.20. The molecule has 0 aromatic carbocycles. The van der Waals surface area contributed by atoms with Crippen LogP contribution in [0.3, 0.4) is 0 Å². The van der Waals surface area contributed by atoms with Crippen LogP contribution in [0.1, 0.15) is 18.9 Å². The largest absolute Gasteiger partial charge is 0.380 e. The van der Waals surface area contributed by atoms with E-state index in [4.69, 9.17) is 16.3 Å². The predicted molar refractivity (Wildman–Crippen MR) is 64.0 cm³/mol. The van der Waals surface area contributed by atoms with Gasteiger partial charge in [-0.1, -0.05) is 18.5 Å². The van der Waals surface area contributed by atoms with E-state index in [0.29, 0.717) is 11.3 Å². The summed E-state index contributed by atoms with van der Waals surface area (Å²) in [5.41, 5.74) is 1.03. The first-order valence-corrected chi connectivity index (χ1v) is 5.91. The van der Waals surface area contributed by atoms with Gasteiger partial charge in [-0.2, -0.15) is 0 Å². The standard InChI is InChI=1S/C11H16ClN3O/c1-3-9-10(12)13-7-14-11(9)15-5-4-8(6-15)16-2/h7-8H,3-6H2,1-2H3. The van der Waals surface area contributed by atoms with Crippen LogP contribution in [0.2, 0.25) is 5.15 Å². The minimum atomic E-state index is 0.304. The number of ether oxygens (including phenoxy) is 1. The number of halogens is 1. The summed E-state index contributed by atoms with van der Waals surface area (Å²) in [5.74, 6) is 0.960. The maximum atomic E-state index is 6.07. The smallest absolute Gasteiger partial charge is 0.137 e. The summed E-state index contributed by atoms with van der Waals surface area (Å²) >= 11 is 6.07. The van der Waals surface area contributed by atoms with Crippen molar-refractivity contribution in [2.75, 3.05) is 25.1 Å². The van der Waals surface area contributed by atoms with Crippen LogP contribution in [0, 0.1) is 0 Å². The fourth-order valence-corrected chi connectivity index (χ4v) is 2.33. The number of hydrogen-bond donors (Lipinski definition) is 0. The van der Waals surface area contributed by atoms with E-state index in [9.17, 15) is 0 Å². The van der Waals surface area contributed by atoms with E-state index in [0.717, 1.165) is 37.3 Å². The molecule has 0 N–H and O–H groups in total. The molecule has 0 bridgehead atoms. The molecule has 0 saturated carbocycles. The predicted octanol–water partition coefficient (Wildman–Crippen LogP) is 1.92. The van der Waals surface area contributed by atoms with E-state index in [1.54, 1.807) is 7.11 Å². The van der Waals surface area contributed by atoms with Gasteiger partial charge in [0, 0.05) is 25.8 Å². The molecule has 5 heteroatoms. The highest BCUT2D eigenvalue weighted by Gasteiger charge is 2.25. The number of nitrogens with zero attached hydrogens (tertiary/aromatic N) is 3. The molecule has 0 radical (unpaired) electrons. The third-order valence-corrected chi connectivity index (χ3v) is 3.33. The van der Waals surface area contributed by atoms with Crippen molar-refractivity contribution in [3.63, 3.8) is 0 Å². The lowest BCUT2D eigenvalue weighted by molar-refractivity contribution is 0.121. The minimum absolute atomic E-state index is 0.304. The summed E-state index contributed by atoms with van der Waals surface area (Å²) in [5, 5.41) is 0.563. The van der Waals surface area contributed by atoms with Crippen LogP contribution >= 0.6 is 11.6 Å². The summed E-state index contributed by atoms with van der Waals surface area (Å²) in [7, 11) is 1.75. The number of anilines is 1. The zero-order valence-electron chi connectivity index (χ0n) is 9.61. The summed E-state index contributed by atoms with van der Waals surface area (Å²) in [6, 6.07) is 0. The van der Waals surface area contributed by atoms with Crippen molar-refractivity contribution in [1.29, 1.82) is 0 Å². The molecule has 1 aromatic rings. The second-order valence-electron chi connectivity index (χ2n) is 3.91. The van der Waals surface area contributed by atoms with Gasteiger partial charge in [-0.15, -0.1) is 0 Å². The maximum Gasteiger partial charge on any atom is 0.137 e. The second-order valence-corrected chi connectivity index (χ2v) is 4.27. The highest BCUT2D eigenvalue weighted by Crippen LogP contribution is 2.27. The molecule has 1 atom stereocenters. The van der Waals surface area contributed by atoms with Crippen molar-refractivity contribution in [2.24, 2.45) is 0 Å². The van der Waals surface area contributed by atoms with Gasteiger partial charge in [0.1, 0.15) is 17.3 Å². The summed E-state index contributed by atoms with van der Waals surface area (Å²) < 4.78 is 5.35. The van der Waals surface area contributed by atoms with Crippen LogP contribution in [-0.2, 0) is 11.2 Å². The van der Waals surface area contributed by atoms with Crippen LogP contribution in [-0.4, -0.2) is 36.3 Å². The van der Waals surface area contributed by atoms with Crippen LogP contribution in [0.25, 0.3) is 0 Å². The van der Waals surface area contributed by atoms with E-state index in [2.05, 4.69) is 21.8 Å². The zero-order chi connectivity index (χ0) is 11.5. The highest BCUT2D eigenvalue weighted by molar-refractivity contribution is 6.30. The highest BCUT2D eigenvalue weighted by atomic mass is 35.5. The molecule has 0 amide bonds. The quantitative estimate of drug-likeness (QED) is 0.758. The number of aromatic nitrogens is 2. The van der Waals surface area contributed by atoms with Crippen molar-refractivity contribution in [3.8, 4) is 0 Å². The molecule has 1 aliphatic rings. The van der Waals surface area contributed by atoms with Gasteiger partial charge >= 0.3 is 0 Å². The Morgan fingerprint density at radius 1 is 1.56 bits per heavy atom. The monoisotopic (exact) mass is 241 g/mol. The lowest BCUT2D eigenvalue weighted by Crippen LogP contribution is -2.24. The van der Waals surface area contributed by atoms with Crippen molar-refractivity contribution in [3.05, 3.63) is 17.0 Å². The van der Waals surface area contributed by atoms with Gasteiger partial charge in [-0.25, -0.2) is 9.97 Å². The van der Waals surface area contributed by atoms with Crippen LogP contribution < -0.4 is 4.90 Å². The molecule has 2 rings (SSSR count). The Kier molecular flexibility index (Phi) is 3.61. The molecule has 1 saturated heterocycles. The molecule has 1 fully saturated rings. The lowest BCUT2D eigenvalue weighted by atomic mass is 10.2. The van der Waals surface area contributed by atoms with Gasteiger partial charge < -0.3 is 9.64 Å². The first kappa shape index (κ1) is 11.6. The summed E-state index contributed by atoms with van der Waals surface area (Å²) in [6.07, 6.45) is 3.72. The van der Waals surface area contributed by atoms with Crippen LogP contribution in [0.4, 0.5) is 5.82 Å². The molecule has 88 valence electrons. The van der Waals surface area contributed by atoms with Gasteiger partial charge in [0.25, 0.3) is 0 Å². The first-order valence-electron chi connectivity index (χ1n) is 5.53. The molecule has 1 aliphatic heterocycles. The number of methoxy groups -OCH3 is 1. The second kappa shape index (κ2) is 4.97. The maximum absolute atomic E-state index is 6.07. The molecule has 0 aliphatic carbocycles. The Labute approximate surface area is 101 Å². The normalized spacial score (nSPS) is 20.4. The molecule has 0 spiro atoms. The number of rotatable bonds is 3. The Bertz CT molecular complexity index is 372. The topological polar surface area (TPSA) is 38.2 Å². The van der Waals surface area contributed by atoms with Crippen molar-refractivity contribution >= 4 is 17.4 Å². The van der Waals surface area contributed by atoms with Crippen molar-refractivity contribution < 1.29 is 4.74 Å². The fourth-order valence-electron chi connectivity index (χ4n) is 2.07. The average Bonchev–Trinajstić information content (AvgIpc) is 2.77. The summed E-state index contributed by atoms with van der Waals surface area (Å²) in [6.45, 7) is 3.92. The van der Waals surface area contributed by atoms with E-state index >= 15 is 0 Å². The Hall–Kier alpha value is -0.870. The fraction of sp³-hybridized carbons (Fsp3) is 0.636. The van der Waals surface area contributed by atoms with Crippen molar-refractivity contribution in [1.82, 2.24) is 9.97 Å². The Balaban J connectivity index is 2.24. The zero-order valence-corrected chi connectivity index (χ0v) is 10.4. The van der Waals surface area contributed by atoms with Crippen LogP contribution in [0.5, 0.6) is 0 Å². The third kappa shape index (κ3) is 2.13. The molecular formula is C11H16ClN3O. The van der Waals surface area contributed by atoms with Gasteiger partial charge in [0.2, 0.25) is 0 Å². The SMILES string of the molecule is CCc1c(Cl)ncnc1N1CCC(OC)C1.